The number of halogens is 1. The highest BCUT2D eigenvalue weighted by Gasteiger charge is 2.25. The van der Waals surface area contributed by atoms with E-state index in [-0.39, 0.29) is 0 Å². The van der Waals surface area contributed by atoms with Gasteiger partial charge in [0, 0.05) is 22.3 Å². The van der Waals surface area contributed by atoms with Crippen LogP contribution in [0.3, 0.4) is 0 Å². The number of hydrogen-bond acceptors (Lipinski definition) is 2. The highest BCUT2D eigenvalue weighted by Crippen LogP contribution is 2.29. The van der Waals surface area contributed by atoms with Gasteiger partial charge in [0.05, 0.1) is 0 Å². The van der Waals surface area contributed by atoms with Crippen LogP contribution in [-0.4, -0.2) is 17.5 Å². The maximum absolute atomic E-state index is 3.71. The minimum Gasteiger partial charge on any atom is -0.309 e. The zero-order valence-electron chi connectivity index (χ0n) is 10.5. The summed E-state index contributed by atoms with van der Waals surface area (Å²) in [7, 11) is 0. The van der Waals surface area contributed by atoms with Crippen molar-refractivity contribution in [2.75, 3.05) is 6.26 Å². The zero-order chi connectivity index (χ0) is 12.3. The molecule has 0 aliphatic heterocycles. The van der Waals surface area contributed by atoms with Crippen LogP contribution in [0.25, 0.3) is 0 Å². The van der Waals surface area contributed by atoms with Crippen LogP contribution in [0.1, 0.15) is 30.4 Å². The van der Waals surface area contributed by atoms with Crippen molar-refractivity contribution in [3.8, 4) is 0 Å². The highest BCUT2D eigenvalue weighted by atomic mass is 79.9. The van der Waals surface area contributed by atoms with Crippen LogP contribution in [0.15, 0.2) is 22.7 Å². The largest absolute Gasteiger partial charge is 0.309 e. The summed E-state index contributed by atoms with van der Waals surface area (Å²) in [6, 6.07) is 7.29. The van der Waals surface area contributed by atoms with E-state index in [9.17, 15) is 0 Å². The lowest BCUT2D eigenvalue weighted by Gasteiger charge is -2.19. The van der Waals surface area contributed by atoms with Crippen LogP contribution in [-0.2, 0) is 6.54 Å². The molecule has 0 heterocycles. The number of aryl methyl sites for hydroxylation is 1. The van der Waals surface area contributed by atoms with E-state index < -0.39 is 0 Å². The highest BCUT2D eigenvalue weighted by molar-refractivity contribution is 9.10. The molecule has 3 heteroatoms. The molecule has 1 N–H and O–H groups in total. The third-order valence-electron chi connectivity index (χ3n) is 3.52. The molecule has 1 aromatic carbocycles. The molecular formula is C14H20BrNS. The zero-order valence-corrected chi connectivity index (χ0v) is 12.9. The first-order valence-electron chi connectivity index (χ1n) is 6.22. The minimum absolute atomic E-state index is 0.693. The second kappa shape index (κ2) is 6.26. The lowest BCUT2D eigenvalue weighted by Crippen LogP contribution is -2.33. The van der Waals surface area contributed by atoms with Gasteiger partial charge in [0.1, 0.15) is 0 Å². The van der Waals surface area contributed by atoms with Crippen LogP contribution < -0.4 is 5.32 Å². The summed E-state index contributed by atoms with van der Waals surface area (Å²) in [5, 5.41) is 4.51. The van der Waals surface area contributed by atoms with Crippen LogP contribution in [0.5, 0.6) is 0 Å². The summed E-state index contributed by atoms with van der Waals surface area (Å²) in [6.45, 7) is 3.10. The minimum atomic E-state index is 0.693. The fraction of sp³-hybridized carbons (Fsp3) is 0.571. The molecule has 17 heavy (non-hydrogen) atoms. The Morgan fingerprint density at radius 3 is 2.94 bits per heavy atom. The number of benzene rings is 1. The maximum atomic E-state index is 3.71. The molecule has 0 bridgehead atoms. The van der Waals surface area contributed by atoms with Gasteiger partial charge in [-0.1, -0.05) is 34.5 Å². The SMILES string of the molecule is CSC1CCCC1NCc1ccc(C)cc1Br. The Morgan fingerprint density at radius 1 is 1.41 bits per heavy atom. The number of rotatable bonds is 4. The molecule has 1 fully saturated rings. The van der Waals surface area contributed by atoms with E-state index >= 15 is 0 Å². The predicted octanol–water partition coefficient (Wildman–Crippen LogP) is 4.13. The van der Waals surface area contributed by atoms with Gasteiger partial charge in [-0.3, -0.25) is 0 Å². The van der Waals surface area contributed by atoms with Gasteiger partial charge in [0.2, 0.25) is 0 Å². The second-order valence-corrected chi connectivity index (χ2v) is 6.72. The summed E-state index contributed by atoms with van der Waals surface area (Å²) in [5.41, 5.74) is 2.67. The Hall–Kier alpha value is 0.01000. The summed E-state index contributed by atoms with van der Waals surface area (Å²) in [4.78, 5) is 0. The summed E-state index contributed by atoms with van der Waals surface area (Å²) in [6.07, 6.45) is 6.30. The van der Waals surface area contributed by atoms with Gasteiger partial charge in [0.25, 0.3) is 0 Å². The fourth-order valence-electron chi connectivity index (χ4n) is 2.48. The van der Waals surface area contributed by atoms with E-state index in [4.69, 9.17) is 0 Å². The van der Waals surface area contributed by atoms with E-state index in [1.807, 2.05) is 11.8 Å². The Bertz CT molecular complexity index is 380. The number of nitrogens with one attached hydrogen (secondary N) is 1. The molecule has 1 aliphatic carbocycles. The van der Waals surface area contributed by atoms with Gasteiger partial charge in [-0.2, -0.15) is 11.8 Å². The van der Waals surface area contributed by atoms with Crippen molar-refractivity contribution in [1.82, 2.24) is 5.32 Å². The molecule has 1 aromatic rings. The third kappa shape index (κ3) is 3.49. The van der Waals surface area contributed by atoms with Gasteiger partial charge < -0.3 is 5.32 Å². The third-order valence-corrected chi connectivity index (χ3v) is 5.43. The van der Waals surface area contributed by atoms with Gasteiger partial charge in [-0.05, 0) is 43.2 Å². The molecule has 0 amide bonds. The van der Waals surface area contributed by atoms with E-state index in [1.165, 1.54) is 34.9 Å². The molecular weight excluding hydrogens is 294 g/mol. The maximum Gasteiger partial charge on any atom is 0.0222 e. The van der Waals surface area contributed by atoms with Crippen LogP contribution in [0.4, 0.5) is 0 Å². The molecule has 0 spiro atoms. The van der Waals surface area contributed by atoms with Crippen molar-refractivity contribution in [2.24, 2.45) is 0 Å². The normalized spacial score (nSPS) is 24.2. The van der Waals surface area contributed by atoms with Crippen LogP contribution in [0.2, 0.25) is 0 Å². The lowest BCUT2D eigenvalue weighted by atomic mass is 10.1. The fourth-order valence-corrected chi connectivity index (χ4v) is 4.08. The summed E-state index contributed by atoms with van der Waals surface area (Å²) >= 11 is 5.65. The first kappa shape index (κ1) is 13.4. The topological polar surface area (TPSA) is 12.0 Å². The van der Waals surface area contributed by atoms with Gasteiger partial charge >= 0.3 is 0 Å². The molecule has 2 unspecified atom stereocenters. The van der Waals surface area contributed by atoms with E-state index in [0.29, 0.717) is 6.04 Å². The first-order chi connectivity index (χ1) is 8.20. The van der Waals surface area contributed by atoms with Crippen molar-refractivity contribution in [1.29, 1.82) is 0 Å². The smallest absolute Gasteiger partial charge is 0.0222 e. The van der Waals surface area contributed by atoms with E-state index in [1.54, 1.807) is 0 Å². The standard InChI is InChI=1S/C14H20BrNS/c1-10-6-7-11(12(15)8-10)9-16-13-4-3-5-14(13)17-2/h6-8,13-14,16H,3-5,9H2,1-2H3. The quantitative estimate of drug-likeness (QED) is 0.897. The molecule has 0 saturated heterocycles. The molecule has 1 aliphatic rings. The number of hydrogen-bond donors (Lipinski definition) is 1. The van der Waals surface area contributed by atoms with Crippen LogP contribution >= 0.6 is 27.7 Å². The monoisotopic (exact) mass is 313 g/mol. The first-order valence-corrected chi connectivity index (χ1v) is 8.30. The second-order valence-electron chi connectivity index (χ2n) is 4.79. The van der Waals surface area contributed by atoms with Crippen molar-refractivity contribution < 1.29 is 0 Å². The number of thioether (sulfide) groups is 1. The Labute approximate surface area is 117 Å². The van der Waals surface area contributed by atoms with Crippen molar-refractivity contribution in [3.05, 3.63) is 33.8 Å². The molecule has 1 saturated carbocycles. The van der Waals surface area contributed by atoms with Crippen molar-refractivity contribution in [2.45, 2.75) is 44.0 Å². The van der Waals surface area contributed by atoms with Crippen molar-refractivity contribution in [3.63, 3.8) is 0 Å². The molecule has 0 radical (unpaired) electrons. The van der Waals surface area contributed by atoms with Gasteiger partial charge in [-0.25, -0.2) is 0 Å². The Balaban J connectivity index is 1.93. The van der Waals surface area contributed by atoms with E-state index in [2.05, 4.69) is 52.6 Å². The molecule has 2 atom stereocenters. The molecule has 94 valence electrons. The molecule has 0 aromatic heterocycles. The predicted molar refractivity (Wildman–Crippen MR) is 80.7 cm³/mol. The van der Waals surface area contributed by atoms with Crippen molar-refractivity contribution >= 4 is 27.7 Å². The van der Waals surface area contributed by atoms with Gasteiger partial charge in [0.15, 0.2) is 0 Å². The van der Waals surface area contributed by atoms with Crippen LogP contribution in [0, 0.1) is 6.92 Å². The summed E-state index contributed by atoms with van der Waals surface area (Å²) in [5.74, 6) is 0. The van der Waals surface area contributed by atoms with Gasteiger partial charge in [-0.15, -0.1) is 0 Å². The Kier molecular flexibility index (Phi) is 4.95. The Morgan fingerprint density at radius 2 is 2.24 bits per heavy atom. The van der Waals surface area contributed by atoms with E-state index in [0.717, 1.165) is 11.8 Å². The average Bonchev–Trinajstić information content (AvgIpc) is 2.75. The lowest BCUT2D eigenvalue weighted by molar-refractivity contribution is 0.531. The average molecular weight is 314 g/mol. The molecule has 2 rings (SSSR count). The summed E-state index contributed by atoms with van der Waals surface area (Å²) < 4.78 is 1.23. The molecule has 1 nitrogen and oxygen atoms in total.